The summed E-state index contributed by atoms with van der Waals surface area (Å²) >= 11 is 0. The number of anilines is 1. The molecule has 0 aliphatic heterocycles. The molecule has 0 amide bonds. The predicted octanol–water partition coefficient (Wildman–Crippen LogP) is 1.21. The second-order valence-corrected chi connectivity index (χ2v) is 4.22. The van der Waals surface area contributed by atoms with Gasteiger partial charge in [0.1, 0.15) is 5.69 Å². The number of aromatic nitrogens is 2. The van der Waals surface area contributed by atoms with Crippen molar-refractivity contribution in [2.75, 3.05) is 12.8 Å². The lowest BCUT2D eigenvalue weighted by Gasteiger charge is -2.11. The number of hydrogen-bond acceptors (Lipinski definition) is 3. The molecule has 1 aromatic carbocycles. The smallest absolute Gasteiger partial charge is 0.294 e. The minimum Gasteiger partial charge on any atom is -0.393 e. The molecule has 0 aliphatic rings. The van der Waals surface area contributed by atoms with E-state index >= 15 is 0 Å². The standard InChI is InChI=1S/C13H17N3O2/c1-9-6-4-5-7-10(9)16-13(17)12(14)11(8-18-3)15(16)2/h4-7H,8,14H2,1-3H3. The van der Waals surface area contributed by atoms with Crippen molar-refractivity contribution < 1.29 is 4.74 Å². The predicted molar refractivity (Wildman–Crippen MR) is 70.9 cm³/mol. The van der Waals surface area contributed by atoms with E-state index in [1.54, 1.807) is 23.5 Å². The molecule has 2 rings (SSSR count). The van der Waals surface area contributed by atoms with Gasteiger partial charge in [-0.3, -0.25) is 9.48 Å². The van der Waals surface area contributed by atoms with E-state index in [1.807, 2.05) is 31.2 Å². The first-order valence-corrected chi connectivity index (χ1v) is 5.69. The Bertz CT molecular complexity index is 626. The van der Waals surface area contributed by atoms with Crippen LogP contribution in [0, 0.1) is 6.92 Å². The van der Waals surface area contributed by atoms with Gasteiger partial charge in [0.05, 0.1) is 18.0 Å². The Balaban J connectivity index is 2.70. The van der Waals surface area contributed by atoms with Gasteiger partial charge in [0.25, 0.3) is 5.56 Å². The summed E-state index contributed by atoms with van der Waals surface area (Å²) in [6.07, 6.45) is 0. The first-order chi connectivity index (χ1) is 8.57. The van der Waals surface area contributed by atoms with E-state index in [0.717, 1.165) is 11.3 Å². The number of nitrogens with zero attached hydrogens (tertiary/aromatic N) is 2. The summed E-state index contributed by atoms with van der Waals surface area (Å²) < 4.78 is 8.38. The third kappa shape index (κ3) is 1.82. The molecular formula is C13H17N3O2. The van der Waals surface area contributed by atoms with Crippen LogP contribution in [0.3, 0.4) is 0 Å². The van der Waals surface area contributed by atoms with Crippen LogP contribution in [-0.2, 0) is 18.4 Å². The van der Waals surface area contributed by atoms with E-state index in [2.05, 4.69) is 0 Å². The third-order valence-corrected chi connectivity index (χ3v) is 3.05. The van der Waals surface area contributed by atoms with Crippen LogP contribution in [0.1, 0.15) is 11.3 Å². The van der Waals surface area contributed by atoms with Crippen molar-refractivity contribution >= 4 is 5.69 Å². The number of nitrogens with two attached hydrogens (primary N) is 1. The SMILES string of the molecule is COCc1c(N)c(=O)n(-c2ccccc2C)n1C. The minimum atomic E-state index is -0.209. The number of benzene rings is 1. The second-order valence-electron chi connectivity index (χ2n) is 4.22. The van der Waals surface area contributed by atoms with E-state index in [9.17, 15) is 4.79 Å². The Kier molecular flexibility index (Phi) is 3.25. The molecule has 0 bridgehead atoms. The molecule has 0 fully saturated rings. The minimum absolute atomic E-state index is 0.209. The number of rotatable bonds is 3. The van der Waals surface area contributed by atoms with Gasteiger partial charge in [0, 0.05) is 14.2 Å². The van der Waals surface area contributed by atoms with Crippen molar-refractivity contribution in [2.45, 2.75) is 13.5 Å². The highest BCUT2D eigenvalue weighted by atomic mass is 16.5. The van der Waals surface area contributed by atoms with Crippen molar-refractivity contribution in [3.05, 3.63) is 45.9 Å². The summed E-state index contributed by atoms with van der Waals surface area (Å²) in [6, 6.07) is 7.69. The Labute approximate surface area is 105 Å². The highest BCUT2D eigenvalue weighted by Gasteiger charge is 2.16. The maximum absolute atomic E-state index is 12.2. The van der Waals surface area contributed by atoms with Crippen LogP contribution in [0.15, 0.2) is 29.1 Å². The molecule has 2 aromatic rings. The number of para-hydroxylation sites is 1. The molecule has 0 radical (unpaired) electrons. The van der Waals surface area contributed by atoms with Crippen molar-refractivity contribution in [3.8, 4) is 5.69 Å². The molecule has 1 aromatic heterocycles. The monoisotopic (exact) mass is 247 g/mol. The second kappa shape index (κ2) is 4.70. The van der Waals surface area contributed by atoms with Gasteiger partial charge >= 0.3 is 0 Å². The highest BCUT2D eigenvalue weighted by molar-refractivity contribution is 5.47. The molecule has 1 heterocycles. The molecule has 96 valence electrons. The zero-order valence-corrected chi connectivity index (χ0v) is 10.8. The van der Waals surface area contributed by atoms with E-state index in [0.29, 0.717) is 12.3 Å². The van der Waals surface area contributed by atoms with Crippen LogP contribution in [0.25, 0.3) is 5.69 Å². The maximum Gasteiger partial charge on any atom is 0.294 e. The number of nitrogen functional groups attached to an aromatic ring is 1. The molecule has 2 N–H and O–H groups in total. The zero-order valence-electron chi connectivity index (χ0n) is 10.8. The largest absolute Gasteiger partial charge is 0.393 e. The Morgan fingerprint density at radius 2 is 2.00 bits per heavy atom. The maximum atomic E-state index is 12.2. The molecule has 18 heavy (non-hydrogen) atoms. The van der Waals surface area contributed by atoms with E-state index in [-0.39, 0.29) is 11.2 Å². The average Bonchev–Trinajstić information content (AvgIpc) is 2.55. The van der Waals surface area contributed by atoms with Crippen molar-refractivity contribution in [1.29, 1.82) is 0 Å². The molecule has 5 heteroatoms. The van der Waals surface area contributed by atoms with Gasteiger partial charge < -0.3 is 10.5 Å². The van der Waals surface area contributed by atoms with Gasteiger partial charge in [0.15, 0.2) is 0 Å². The van der Waals surface area contributed by atoms with Crippen LogP contribution in [0.4, 0.5) is 5.69 Å². The Hall–Kier alpha value is -2.01. The normalized spacial score (nSPS) is 10.8. The zero-order chi connectivity index (χ0) is 13.3. The van der Waals surface area contributed by atoms with Gasteiger partial charge in [-0.15, -0.1) is 0 Å². The van der Waals surface area contributed by atoms with Gasteiger partial charge in [-0.05, 0) is 18.6 Å². The fourth-order valence-electron chi connectivity index (χ4n) is 2.05. The van der Waals surface area contributed by atoms with Crippen molar-refractivity contribution in [1.82, 2.24) is 9.36 Å². The summed E-state index contributed by atoms with van der Waals surface area (Å²) in [4.78, 5) is 12.2. The number of methoxy groups -OCH3 is 1. The van der Waals surface area contributed by atoms with E-state index in [4.69, 9.17) is 10.5 Å². The van der Waals surface area contributed by atoms with Gasteiger partial charge in [-0.25, -0.2) is 4.68 Å². The molecule has 0 saturated carbocycles. The topological polar surface area (TPSA) is 62.2 Å². The average molecular weight is 247 g/mol. The lowest BCUT2D eigenvalue weighted by molar-refractivity contribution is 0.177. The molecule has 0 spiro atoms. The van der Waals surface area contributed by atoms with Crippen molar-refractivity contribution in [3.63, 3.8) is 0 Å². The fraction of sp³-hybridized carbons (Fsp3) is 0.308. The highest BCUT2D eigenvalue weighted by Crippen LogP contribution is 2.16. The molecule has 0 saturated heterocycles. The number of ether oxygens (including phenoxy) is 1. The third-order valence-electron chi connectivity index (χ3n) is 3.05. The number of aryl methyl sites for hydroxylation is 1. The van der Waals surface area contributed by atoms with Gasteiger partial charge in [-0.1, -0.05) is 18.2 Å². The quantitative estimate of drug-likeness (QED) is 0.886. The number of hydrogen-bond donors (Lipinski definition) is 1. The van der Waals surface area contributed by atoms with Crippen LogP contribution in [0.2, 0.25) is 0 Å². The summed E-state index contributed by atoms with van der Waals surface area (Å²) in [5, 5.41) is 0. The first-order valence-electron chi connectivity index (χ1n) is 5.69. The molecule has 5 nitrogen and oxygen atoms in total. The lowest BCUT2D eigenvalue weighted by Crippen LogP contribution is -2.21. The van der Waals surface area contributed by atoms with Gasteiger partial charge in [-0.2, -0.15) is 0 Å². The van der Waals surface area contributed by atoms with E-state index < -0.39 is 0 Å². The first kappa shape index (κ1) is 12.4. The summed E-state index contributed by atoms with van der Waals surface area (Å²) in [5.74, 6) is 0. The van der Waals surface area contributed by atoms with Crippen molar-refractivity contribution in [2.24, 2.45) is 7.05 Å². The Morgan fingerprint density at radius 3 is 2.61 bits per heavy atom. The van der Waals surface area contributed by atoms with Crippen LogP contribution >= 0.6 is 0 Å². The van der Waals surface area contributed by atoms with Gasteiger partial charge in [0.2, 0.25) is 0 Å². The van der Waals surface area contributed by atoms with E-state index in [1.165, 1.54) is 0 Å². The molecular weight excluding hydrogens is 230 g/mol. The summed E-state index contributed by atoms with van der Waals surface area (Å²) in [6.45, 7) is 2.28. The molecule has 0 unspecified atom stereocenters. The lowest BCUT2D eigenvalue weighted by atomic mass is 10.2. The molecule has 0 aliphatic carbocycles. The fourth-order valence-corrected chi connectivity index (χ4v) is 2.05. The summed E-state index contributed by atoms with van der Waals surface area (Å²) in [7, 11) is 3.38. The Morgan fingerprint density at radius 1 is 1.33 bits per heavy atom. The van der Waals surface area contributed by atoms with Crippen LogP contribution in [0.5, 0.6) is 0 Å². The summed E-state index contributed by atoms with van der Waals surface area (Å²) in [5.41, 5.74) is 8.41. The molecule has 0 atom stereocenters. The van der Waals surface area contributed by atoms with Crippen LogP contribution in [-0.4, -0.2) is 16.5 Å². The van der Waals surface area contributed by atoms with Crippen LogP contribution < -0.4 is 11.3 Å².